The normalized spacial score (nSPS) is 15.6. The first kappa shape index (κ1) is 56.6. The lowest BCUT2D eigenvalue weighted by molar-refractivity contribution is -0.161. The Labute approximate surface area is 359 Å². The quantitative estimate of drug-likeness (QED) is 0.0128. The predicted octanol–water partition coefficient (Wildman–Crippen LogP) is 9.44. The average molecular weight is 866 g/mol. The van der Waals surface area contributed by atoms with E-state index in [1.165, 1.54) is 38.5 Å². The topological polar surface area (TPSA) is 212 Å². The molecule has 0 heterocycles. The van der Waals surface area contributed by atoms with Gasteiger partial charge in [-0.3, -0.25) is 23.4 Å². The van der Waals surface area contributed by atoms with Gasteiger partial charge in [0.05, 0.1) is 25.4 Å². The molecule has 0 aliphatic carbocycles. The molecule has 13 nitrogen and oxygen atoms in total. The highest BCUT2D eigenvalue weighted by atomic mass is 31.2. The molecule has 0 aromatic rings. The molecule has 0 bridgehead atoms. The monoisotopic (exact) mass is 866 g/mol. The lowest BCUT2D eigenvalue weighted by Gasteiger charge is -2.20. The minimum absolute atomic E-state index is 0.0354. The van der Waals surface area contributed by atoms with E-state index in [1.807, 2.05) is 36.5 Å². The van der Waals surface area contributed by atoms with Crippen molar-refractivity contribution in [2.45, 2.75) is 167 Å². The van der Waals surface area contributed by atoms with E-state index in [-0.39, 0.29) is 19.3 Å². The smallest absolute Gasteiger partial charge is 0.472 e. The molecule has 0 spiro atoms. The fraction of sp³-hybridized carbons (Fsp3) is 0.630. The Morgan fingerprint density at radius 1 is 0.600 bits per heavy atom. The van der Waals surface area contributed by atoms with Gasteiger partial charge in [-0.05, 0) is 64.2 Å². The van der Waals surface area contributed by atoms with Gasteiger partial charge >= 0.3 is 25.7 Å². The van der Waals surface area contributed by atoms with Gasteiger partial charge in [0.1, 0.15) is 12.6 Å². The predicted molar refractivity (Wildman–Crippen MR) is 238 cm³/mol. The maximum atomic E-state index is 12.6. The van der Waals surface area contributed by atoms with Gasteiger partial charge in [-0.2, -0.15) is 0 Å². The maximum Gasteiger partial charge on any atom is 0.472 e. The zero-order valence-corrected chi connectivity index (χ0v) is 37.1. The summed E-state index contributed by atoms with van der Waals surface area (Å²) in [6.07, 6.45) is 41.6. The number of esters is 2. The second kappa shape index (κ2) is 39.7. The number of carbonyl (C=O) groups excluding carboxylic acids is 2. The van der Waals surface area contributed by atoms with Crippen LogP contribution in [0.4, 0.5) is 0 Å². The molecule has 6 N–H and O–H groups in total. The van der Waals surface area contributed by atoms with Crippen LogP contribution in [0.2, 0.25) is 0 Å². The van der Waals surface area contributed by atoms with E-state index >= 15 is 0 Å². The van der Waals surface area contributed by atoms with Gasteiger partial charge < -0.3 is 35.4 Å². The van der Waals surface area contributed by atoms with Crippen molar-refractivity contribution in [3.05, 3.63) is 85.1 Å². The highest BCUT2D eigenvalue weighted by Crippen LogP contribution is 2.43. The lowest BCUT2D eigenvalue weighted by Crippen LogP contribution is -2.34. The third kappa shape index (κ3) is 38.8. The number of carboxylic acid groups (broad SMARTS) is 1. The lowest BCUT2D eigenvalue weighted by atomic mass is 10.1. The van der Waals surface area contributed by atoms with Crippen molar-refractivity contribution >= 4 is 25.7 Å². The zero-order chi connectivity index (χ0) is 44.5. The molecule has 14 heteroatoms. The fourth-order valence-corrected chi connectivity index (χ4v) is 6.07. The highest BCUT2D eigenvalue weighted by Gasteiger charge is 2.28. The first-order valence-electron chi connectivity index (χ1n) is 21.8. The molecule has 60 heavy (non-hydrogen) atoms. The van der Waals surface area contributed by atoms with Gasteiger partial charge in [0.15, 0.2) is 6.10 Å². The molecule has 342 valence electrons. The van der Waals surface area contributed by atoms with Crippen molar-refractivity contribution in [3.63, 3.8) is 0 Å². The van der Waals surface area contributed by atoms with Crippen LogP contribution in [0.15, 0.2) is 85.1 Å². The summed E-state index contributed by atoms with van der Waals surface area (Å²) in [5.41, 5.74) is 5.31. The molecule has 0 rings (SSSR count). The number of hydrogen-bond acceptors (Lipinski definition) is 11. The largest absolute Gasteiger partial charge is 0.480 e. The maximum absolute atomic E-state index is 12.6. The van der Waals surface area contributed by atoms with Crippen LogP contribution in [0.5, 0.6) is 0 Å². The van der Waals surface area contributed by atoms with E-state index in [9.17, 15) is 34.1 Å². The van der Waals surface area contributed by atoms with Gasteiger partial charge in [-0.1, -0.05) is 150 Å². The van der Waals surface area contributed by atoms with Crippen LogP contribution in [-0.2, 0) is 37.5 Å². The summed E-state index contributed by atoms with van der Waals surface area (Å²) in [7, 11) is -4.79. The molecule has 1 unspecified atom stereocenters. The first-order valence-corrected chi connectivity index (χ1v) is 23.3. The van der Waals surface area contributed by atoms with Crippen LogP contribution in [-0.4, -0.2) is 82.3 Å². The second-order valence-electron chi connectivity index (χ2n) is 14.5. The Morgan fingerprint density at radius 2 is 1.10 bits per heavy atom. The van der Waals surface area contributed by atoms with Crippen LogP contribution in [0.1, 0.15) is 142 Å². The van der Waals surface area contributed by atoms with Gasteiger partial charge in [0.2, 0.25) is 0 Å². The van der Waals surface area contributed by atoms with E-state index in [4.69, 9.17) is 24.8 Å². The summed E-state index contributed by atoms with van der Waals surface area (Å²) < 4.78 is 32.4. The fourth-order valence-electron chi connectivity index (χ4n) is 5.29. The number of rotatable bonds is 39. The molecule has 0 aromatic carbocycles. The first-order chi connectivity index (χ1) is 28.9. The van der Waals surface area contributed by atoms with Crippen LogP contribution in [0, 0.1) is 0 Å². The molecule has 0 fully saturated rings. The molecule has 0 saturated carbocycles. The minimum Gasteiger partial charge on any atom is -0.480 e. The molecule has 0 amide bonds. The van der Waals surface area contributed by atoms with Gasteiger partial charge in [0, 0.05) is 12.8 Å². The van der Waals surface area contributed by atoms with Crippen molar-refractivity contribution in [1.29, 1.82) is 0 Å². The summed E-state index contributed by atoms with van der Waals surface area (Å²) in [5, 5.41) is 29.0. The number of allylic oxidation sites excluding steroid dienone is 12. The Hall–Kier alpha value is -3.42. The number of carboxylic acids is 1. The Kier molecular flexibility index (Phi) is 37.4. The van der Waals surface area contributed by atoms with E-state index < -0.39 is 69.9 Å². The SMILES string of the molecule is CCCCCCCC/C=C\C/C=C\C/C=C\CCCC(=O)O[C@H](COC(=O)CCC[C@@H](O)/C=C/C=C\C/C=C\C=C\[C@@H](O)CCCCC)COP(=O)(O)OC[C@H](N)C(=O)O. The average Bonchev–Trinajstić information content (AvgIpc) is 3.21. The Bertz CT molecular complexity index is 1370. The number of ether oxygens (including phenoxy) is 2. The van der Waals surface area contributed by atoms with Gasteiger partial charge in [-0.15, -0.1) is 0 Å². The number of hydrogen-bond donors (Lipinski definition) is 5. The number of phosphoric acid groups is 1. The molecule has 0 radical (unpaired) electrons. The molecule has 0 saturated heterocycles. The van der Waals surface area contributed by atoms with Crippen molar-refractivity contribution < 1.29 is 57.7 Å². The minimum atomic E-state index is -4.79. The van der Waals surface area contributed by atoms with E-state index in [0.29, 0.717) is 25.7 Å². The number of nitrogens with two attached hydrogens (primary N) is 1. The van der Waals surface area contributed by atoms with Crippen molar-refractivity contribution in [1.82, 2.24) is 0 Å². The van der Waals surface area contributed by atoms with E-state index in [2.05, 4.69) is 42.7 Å². The number of carbonyl (C=O) groups is 3. The van der Waals surface area contributed by atoms with Crippen LogP contribution in [0.3, 0.4) is 0 Å². The van der Waals surface area contributed by atoms with E-state index in [0.717, 1.165) is 44.9 Å². The third-order valence-electron chi connectivity index (χ3n) is 8.82. The van der Waals surface area contributed by atoms with Crippen LogP contribution < -0.4 is 5.73 Å². The van der Waals surface area contributed by atoms with Gasteiger partial charge in [0.25, 0.3) is 0 Å². The summed E-state index contributed by atoms with van der Waals surface area (Å²) >= 11 is 0. The molecular weight excluding hydrogens is 789 g/mol. The Balaban J connectivity index is 4.70. The summed E-state index contributed by atoms with van der Waals surface area (Å²) in [6, 6.07) is -1.57. The van der Waals surface area contributed by atoms with Gasteiger partial charge in [-0.25, -0.2) is 4.57 Å². The van der Waals surface area contributed by atoms with Crippen molar-refractivity contribution in [3.8, 4) is 0 Å². The standard InChI is InChI=1S/C46H76NO12P/c1-3-5-7-8-9-10-11-12-13-14-15-16-17-18-22-25-29-35-45(51)59-42(38-57-60(54,55)58-39-43(47)46(52)53)37-56-44(50)36-30-34-41(49)33-28-24-21-19-20-23-27-32-40(48)31-26-6-4-2/h12-13,15-16,18,20-24,27-28,32-33,40-43,48-49H,3-11,14,17,19,25-26,29-31,34-39,47H2,1-2H3,(H,52,53)(H,54,55)/b13-12-,16-15-,22-18-,23-20-,24-21-,32-27+,33-28+/t40-,41-,42+,43-/m0/s1. The van der Waals surface area contributed by atoms with Crippen molar-refractivity contribution in [2.75, 3.05) is 19.8 Å². The summed E-state index contributed by atoms with van der Waals surface area (Å²) in [6.45, 7) is 2.39. The number of unbranched alkanes of at least 4 members (excludes halogenated alkanes) is 9. The van der Waals surface area contributed by atoms with Crippen LogP contribution in [0.25, 0.3) is 0 Å². The summed E-state index contributed by atoms with van der Waals surface area (Å²) in [4.78, 5) is 45.9. The number of aliphatic hydroxyl groups excluding tert-OH is 2. The molecule has 5 atom stereocenters. The molecule has 0 aliphatic heterocycles. The summed E-state index contributed by atoms with van der Waals surface area (Å²) in [5.74, 6) is -2.71. The Morgan fingerprint density at radius 3 is 1.72 bits per heavy atom. The second-order valence-corrected chi connectivity index (χ2v) is 16.0. The number of aliphatic carboxylic acids is 1. The van der Waals surface area contributed by atoms with Crippen molar-refractivity contribution in [2.24, 2.45) is 5.73 Å². The molecule has 0 aromatic heterocycles. The number of phosphoric ester groups is 1. The highest BCUT2D eigenvalue weighted by molar-refractivity contribution is 7.47. The van der Waals surface area contributed by atoms with E-state index in [1.54, 1.807) is 24.3 Å². The third-order valence-corrected chi connectivity index (χ3v) is 9.77. The molecular formula is C46H76NO12P. The number of aliphatic hydroxyl groups is 2. The van der Waals surface area contributed by atoms with Crippen LogP contribution >= 0.6 is 7.82 Å². The molecule has 0 aliphatic rings. The zero-order valence-electron chi connectivity index (χ0n) is 36.2.